The number of fused-ring (bicyclic) bond motifs is 1. The molecule has 0 radical (unpaired) electrons. The van der Waals surface area contributed by atoms with E-state index in [0.717, 1.165) is 16.5 Å². The van der Waals surface area contributed by atoms with Gasteiger partial charge in [-0.3, -0.25) is 24.2 Å². The maximum atomic E-state index is 13.6. The highest BCUT2D eigenvalue weighted by atomic mass is 16.4. The molecule has 0 aliphatic heterocycles. The number of aliphatic carboxylic acids is 1. The molecule has 0 saturated heterocycles. The van der Waals surface area contributed by atoms with Crippen molar-refractivity contribution in [1.29, 1.82) is 0 Å². The Morgan fingerprint density at radius 1 is 0.905 bits per heavy atom. The van der Waals surface area contributed by atoms with Crippen molar-refractivity contribution in [3.05, 3.63) is 65.9 Å². The third-order valence-electron chi connectivity index (χ3n) is 6.46. The fourth-order valence-corrected chi connectivity index (χ4v) is 4.29. The third-order valence-corrected chi connectivity index (χ3v) is 6.46. The minimum atomic E-state index is -1.25. The summed E-state index contributed by atoms with van der Waals surface area (Å²) < 4.78 is 0. The van der Waals surface area contributed by atoms with E-state index in [1.165, 1.54) is 12.1 Å². The lowest BCUT2D eigenvalue weighted by atomic mass is 10.0. The molecule has 3 rings (SSSR count). The van der Waals surface area contributed by atoms with E-state index in [1.807, 2.05) is 24.3 Å². The van der Waals surface area contributed by atoms with Crippen LogP contribution in [0.5, 0.6) is 5.75 Å². The molecule has 224 valence electrons. The van der Waals surface area contributed by atoms with E-state index >= 15 is 0 Å². The Morgan fingerprint density at radius 3 is 2.26 bits per heavy atom. The summed E-state index contributed by atoms with van der Waals surface area (Å²) >= 11 is 0. The number of guanidine groups is 1. The molecule has 1 heterocycles. The summed E-state index contributed by atoms with van der Waals surface area (Å²) in [4.78, 5) is 57.6. The Labute approximate surface area is 241 Å². The van der Waals surface area contributed by atoms with E-state index < -0.39 is 48.4 Å². The van der Waals surface area contributed by atoms with Crippen LogP contribution in [0.4, 0.5) is 0 Å². The standard InChI is InChI=1S/C28H36N8O6/c29-20(5-3-11-32-28(30)31)25(40)35-23(13-17-14-33-21-6-2-1-4-19(17)21)27(42)36-22(26(41)34-15-24(38)39)12-16-7-9-18(37)10-8-16/h1-2,4,6-10,14,20,22-23,33,37H,3,5,11-13,15,29H2,(H,34,41)(H,35,40)(H,36,42)(H,38,39)(H4,30,31,32). The first-order valence-corrected chi connectivity index (χ1v) is 13.3. The van der Waals surface area contributed by atoms with Gasteiger partial charge >= 0.3 is 5.97 Å². The van der Waals surface area contributed by atoms with Crippen LogP contribution in [0.15, 0.2) is 59.7 Å². The zero-order chi connectivity index (χ0) is 30.6. The highest BCUT2D eigenvalue weighted by molar-refractivity contribution is 5.94. The number of aromatic nitrogens is 1. The molecule has 42 heavy (non-hydrogen) atoms. The van der Waals surface area contributed by atoms with Gasteiger partial charge < -0.3 is 48.3 Å². The first kappa shape index (κ1) is 31.4. The second-order valence-corrected chi connectivity index (χ2v) is 9.72. The predicted octanol–water partition coefficient (Wildman–Crippen LogP) is -0.790. The zero-order valence-corrected chi connectivity index (χ0v) is 22.9. The van der Waals surface area contributed by atoms with Crippen LogP contribution in [0.2, 0.25) is 0 Å². The van der Waals surface area contributed by atoms with Crippen molar-refractivity contribution in [2.24, 2.45) is 22.2 Å². The Kier molecular flexibility index (Phi) is 11.3. The summed E-state index contributed by atoms with van der Waals surface area (Å²) in [5, 5.41) is 27.1. The van der Waals surface area contributed by atoms with Gasteiger partial charge in [0.1, 0.15) is 24.4 Å². The summed E-state index contributed by atoms with van der Waals surface area (Å²) in [5.41, 5.74) is 18.9. The fourth-order valence-electron chi connectivity index (χ4n) is 4.29. The molecule has 0 aliphatic carbocycles. The molecule has 3 atom stereocenters. The van der Waals surface area contributed by atoms with Crippen molar-refractivity contribution >= 4 is 40.6 Å². The number of amides is 3. The van der Waals surface area contributed by atoms with Gasteiger partial charge in [-0.1, -0.05) is 30.3 Å². The lowest BCUT2D eigenvalue weighted by Crippen LogP contribution is -2.57. The van der Waals surface area contributed by atoms with E-state index in [4.69, 9.17) is 22.3 Å². The monoisotopic (exact) mass is 580 g/mol. The number of hydrogen-bond donors (Lipinski definition) is 9. The van der Waals surface area contributed by atoms with Gasteiger partial charge in [-0.2, -0.15) is 0 Å². The van der Waals surface area contributed by atoms with Gasteiger partial charge in [-0.05, 0) is 42.2 Å². The number of carboxylic acid groups (broad SMARTS) is 1. The van der Waals surface area contributed by atoms with Crippen LogP contribution in [0, 0.1) is 0 Å². The van der Waals surface area contributed by atoms with E-state index in [9.17, 15) is 24.3 Å². The summed E-state index contributed by atoms with van der Waals surface area (Å²) in [7, 11) is 0. The number of phenolic OH excluding ortho intramolecular Hbond substituents is 1. The van der Waals surface area contributed by atoms with Crippen molar-refractivity contribution in [1.82, 2.24) is 20.9 Å². The van der Waals surface area contributed by atoms with Crippen molar-refractivity contribution in [2.75, 3.05) is 13.1 Å². The number of benzene rings is 2. The van der Waals surface area contributed by atoms with Gasteiger partial charge in [0.2, 0.25) is 17.7 Å². The van der Waals surface area contributed by atoms with Crippen LogP contribution >= 0.6 is 0 Å². The minimum absolute atomic E-state index is 0.00443. The zero-order valence-electron chi connectivity index (χ0n) is 22.9. The second-order valence-electron chi connectivity index (χ2n) is 9.72. The summed E-state index contributed by atoms with van der Waals surface area (Å²) in [5.74, 6) is -3.28. The van der Waals surface area contributed by atoms with E-state index in [0.29, 0.717) is 12.0 Å². The summed E-state index contributed by atoms with van der Waals surface area (Å²) in [6, 6.07) is 10.2. The largest absolute Gasteiger partial charge is 0.508 e. The summed E-state index contributed by atoms with van der Waals surface area (Å²) in [6.07, 6.45) is 2.50. The Morgan fingerprint density at radius 2 is 1.57 bits per heavy atom. The number of nitrogens with two attached hydrogens (primary N) is 3. The topological polar surface area (TPSA) is 251 Å². The number of para-hydroxylation sites is 1. The first-order chi connectivity index (χ1) is 20.0. The quantitative estimate of drug-likeness (QED) is 0.0619. The van der Waals surface area contributed by atoms with Crippen LogP contribution in [0.25, 0.3) is 10.9 Å². The minimum Gasteiger partial charge on any atom is -0.508 e. The Balaban J connectivity index is 1.82. The lowest BCUT2D eigenvalue weighted by molar-refractivity contribution is -0.138. The van der Waals surface area contributed by atoms with Gasteiger partial charge in [0.05, 0.1) is 6.04 Å². The van der Waals surface area contributed by atoms with E-state index in [2.05, 4.69) is 25.9 Å². The molecule has 0 bridgehead atoms. The van der Waals surface area contributed by atoms with Gasteiger partial charge in [0.25, 0.3) is 0 Å². The van der Waals surface area contributed by atoms with Crippen molar-refractivity contribution < 1.29 is 29.4 Å². The first-order valence-electron chi connectivity index (χ1n) is 13.3. The smallest absolute Gasteiger partial charge is 0.322 e. The molecule has 3 aromatic rings. The van der Waals surface area contributed by atoms with Gasteiger partial charge in [-0.25, -0.2) is 0 Å². The van der Waals surface area contributed by atoms with Crippen molar-refractivity contribution in [3.63, 3.8) is 0 Å². The lowest BCUT2D eigenvalue weighted by Gasteiger charge is -2.24. The molecule has 2 aromatic carbocycles. The van der Waals surface area contributed by atoms with Crippen molar-refractivity contribution in [2.45, 2.75) is 43.8 Å². The summed E-state index contributed by atoms with van der Waals surface area (Å²) in [6.45, 7) is -0.363. The average Bonchev–Trinajstić information content (AvgIpc) is 3.36. The number of hydrogen-bond acceptors (Lipinski definition) is 7. The molecule has 1 aromatic heterocycles. The molecular formula is C28H36N8O6. The average molecular weight is 581 g/mol. The highest BCUT2D eigenvalue weighted by Crippen LogP contribution is 2.19. The number of nitrogens with one attached hydrogen (secondary N) is 4. The van der Waals surface area contributed by atoms with E-state index in [1.54, 1.807) is 18.3 Å². The predicted molar refractivity (Wildman–Crippen MR) is 156 cm³/mol. The molecule has 0 aliphatic rings. The molecular weight excluding hydrogens is 544 g/mol. The van der Waals surface area contributed by atoms with Crippen LogP contribution in [0.1, 0.15) is 24.0 Å². The highest BCUT2D eigenvalue weighted by Gasteiger charge is 2.29. The number of rotatable bonds is 15. The van der Waals surface area contributed by atoms with Crippen LogP contribution < -0.4 is 33.2 Å². The molecule has 0 saturated carbocycles. The van der Waals surface area contributed by atoms with Gasteiger partial charge in [-0.15, -0.1) is 0 Å². The third kappa shape index (κ3) is 9.52. The molecule has 12 N–H and O–H groups in total. The number of nitrogens with zero attached hydrogens (tertiary/aromatic N) is 1. The maximum Gasteiger partial charge on any atom is 0.322 e. The maximum absolute atomic E-state index is 13.6. The van der Waals surface area contributed by atoms with Gasteiger partial charge in [0.15, 0.2) is 5.96 Å². The second kappa shape index (κ2) is 15.0. The SMILES string of the molecule is NC(N)=NCCCC(N)C(=O)NC(Cc1c[nH]c2ccccc12)C(=O)NC(Cc1ccc(O)cc1)C(=O)NCC(=O)O. The molecule has 3 unspecified atom stereocenters. The number of aliphatic imine (C=N–C) groups is 1. The molecule has 0 spiro atoms. The number of aromatic amines is 1. The molecule has 0 fully saturated rings. The number of carbonyl (C=O) groups excluding carboxylic acids is 3. The Bertz CT molecular complexity index is 1420. The molecule has 14 heteroatoms. The molecule has 3 amide bonds. The van der Waals surface area contributed by atoms with Crippen LogP contribution in [0.3, 0.4) is 0 Å². The van der Waals surface area contributed by atoms with E-state index in [-0.39, 0.29) is 37.5 Å². The van der Waals surface area contributed by atoms with Gasteiger partial charge in [0, 0.05) is 36.5 Å². The van der Waals surface area contributed by atoms with Crippen molar-refractivity contribution in [3.8, 4) is 5.75 Å². The fraction of sp³-hybridized carbons (Fsp3) is 0.321. The van der Waals surface area contributed by atoms with Crippen LogP contribution in [-0.2, 0) is 32.0 Å². The number of H-pyrrole nitrogens is 1. The Hall–Kier alpha value is -5.11. The number of phenols is 1. The normalized spacial score (nSPS) is 13.0. The molecule has 14 nitrogen and oxygen atoms in total. The van der Waals surface area contributed by atoms with Crippen LogP contribution in [-0.4, -0.2) is 76.1 Å². The number of carboxylic acids is 1. The number of aromatic hydroxyl groups is 1. The number of carbonyl (C=O) groups is 4.